The number of hydrogen-bond acceptors (Lipinski definition) is 5. The maximum atomic E-state index is 9.36. The molecule has 0 saturated heterocycles. The van der Waals surface area contributed by atoms with Crippen molar-refractivity contribution in [2.45, 2.75) is 78.6 Å². The number of allylic oxidation sites excluding steroid dienone is 2. The monoisotopic (exact) mass is 566 g/mol. The first-order chi connectivity index (χ1) is 17.8. The molecule has 0 aromatic heterocycles. The number of benzene rings is 2. The maximum Gasteiger partial charge on any atom is 0.210 e. The van der Waals surface area contributed by atoms with E-state index in [1.165, 1.54) is 23.2 Å². The number of para-hydroxylation sites is 1. The zero-order chi connectivity index (χ0) is 27.3. The molecular formula is C31H45CoN3O3. The molecule has 7 heteroatoms. The fourth-order valence-electron chi connectivity index (χ4n) is 4.52. The van der Waals surface area contributed by atoms with Crippen molar-refractivity contribution in [2.24, 2.45) is 0 Å². The van der Waals surface area contributed by atoms with Gasteiger partial charge < -0.3 is 24.9 Å². The molecule has 211 valence electrons. The summed E-state index contributed by atoms with van der Waals surface area (Å²) in [7, 11) is 0. The average Bonchev–Trinajstić information content (AvgIpc) is 3.11. The molecule has 0 bridgehead atoms. The van der Waals surface area contributed by atoms with Gasteiger partial charge in [0.15, 0.2) is 0 Å². The summed E-state index contributed by atoms with van der Waals surface area (Å²) in [4.78, 5) is 2.29. The van der Waals surface area contributed by atoms with E-state index in [2.05, 4.69) is 63.8 Å². The Hall–Kier alpha value is -2.77. The summed E-state index contributed by atoms with van der Waals surface area (Å²) in [6, 6.07) is 13.7. The second kappa shape index (κ2) is 16.9. The van der Waals surface area contributed by atoms with Crippen molar-refractivity contribution >= 4 is 17.8 Å². The molecule has 0 aliphatic carbocycles. The molecule has 6 nitrogen and oxygen atoms in total. The molecule has 0 saturated carbocycles. The van der Waals surface area contributed by atoms with Gasteiger partial charge in [0.1, 0.15) is 11.5 Å². The first kappa shape index (κ1) is 33.3. The van der Waals surface area contributed by atoms with E-state index < -0.39 is 5.90 Å². The van der Waals surface area contributed by atoms with E-state index in [9.17, 15) is 5.11 Å². The van der Waals surface area contributed by atoms with E-state index >= 15 is 0 Å². The molecule has 1 aliphatic rings. The third-order valence-corrected chi connectivity index (χ3v) is 6.54. The van der Waals surface area contributed by atoms with Crippen molar-refractivity contribution in [1.29, 1.82) is 10.8 Å². The number of rotatable bonds is 13. The number of likely N-dealkylation sites (N-methyl/N-ethyl adjacent to an activating group) is 1. The molecule has 1 aliphatic heterocycles. The van der Waals surface area contributed by atoms with Crippen LogP contribution >= 0.6 is 0 Å². The fourth-order valence-corrected chi connectivity index (χ4v) is 4.52. The normalized spacial score (nSPS) is 14.1. The summed E-state index contributed by atoms with van der Waals surface area (Å²) in [6.45, 7) is 13.1. The van der Waals surface area contributed by atoms with Gasteiger partial charge in [-0.25, -0.2) is 0 Å². The van der Waals surface area contributed by atoms with Crippen LogP contribution in [0.2, 0.25) is 0 Å². The molecule has 0 atom stereocenters. The van der Waals surface area contributed by atoms with Crippen molar-refractivity contribution < 1.29 is 31.4 Å². The number of nitrogens with zero attached hydrogens (tertiary/aromatic N) is 1. The Labute approximate surface area is 239 Å². The van der Waals surface area contributed by atoms with Crippen LogP contribution in [-0.2, 0) is 22.2 Å². The van der Waals surface area contributed by atoms with E-state index in [0.29, 0.717) is 30.3 Å². The number of anilines is 1. The third-order valence-electron chi connectivity index (χ3n) is 6.54. The molecule has 1 heterocycles. The molecule has 3 rings (SSSR count). The van der Waals surface area contributed by atoms with Gasteiger partial charge in [-0.2, -0.15) is 0 Å². The predicted molar refractivity (Wildman–Crippen MR) is 155 cm³/mol. The van der Waals surface area contributed by atoms with Gasteiger partial charge in [0.2, 0.25) is 5.90 Å². The maximum absolute atomic E-state index is 9.36. The van der Waals surface area contributed by atoms with Crippen LogP contribution < -0.4 is 14.4 Å². The van der Waals surface area contributed by atoms with E-state index in [1.54, 1.807) is 12.1 Å². The number of aliphatic hydroxyl groups excluding tert-OH is 1. The third kappa shape index (κ3) is 9.21. The minimum atomic E-state index is -0.465. The minimum absolute atomic E-state index is 0. The van der Waals surface area contributed by atoms with Crippen LogP contribution in [0, 0.1) is 10.8 Å². The fraction of sp³-hybridized carbons (Fsp3) is 0.484. The van der Waals surface area contributed by atoms with Gasteiger partial charge in [-0.3, -0.25) is 5.41 Å². The summed E-state index contributed by atoms with van der Waals surface area (Å²) in [6.07, 6.45) is 9.86. The summed E-state index contributed by atoms with van der Waals surface area (Å²) < 4.78 is 11.4. The Balaban J connectivity index is 0.000000382. The van der Waals surface area contributed by atoms with Crippen molar-refractivity contribution in [2.75, 3.05) is 24.7 Å². The molecule has 0 fully saturated rings. The molecule has 0 spiro atoms. The average molecular weight is 567 g/mol. The second-order valence-electron chi connectivity index (χ2n) is 9.76. The summed E-state index contributed by atoms with van der Waals surface area (Å²) in [5.74, 6) is 0.827. The van der Waals surface area contributed by atoms with Crippen LogP contribution in [0.15, 0.2) is 54.2 Å². The molecule has 1 radical (unpaired) electrons. The van der Waals surface area contributed by atoms with Crippen LogP contribution in [0.4, 0.5) is 5.69 Å². The van der Waals surface area contributed by atoms with Gasteiger partial charge in [-0.05, 0) is 49.6 Å². The van der Waals surface area contributed by atoms with Gasteiger partial charge in [-0.15, -0.1) is 0 Å². The number of aliphatic hydroxyl groups is 1. The van der Waals surface area contributed by atoms with Crippen molar-refractivity contribution in [1.82, 2.24) is 0 Å². The van der Waals surface area contributed by atoms with Gasteiger partial charge in [-0.1, -0.05) is 71.6 Å². The number of fused-ring (bicyclic) bond motifs is 1. The van der Waals surface area contributed by atoms with Gasteiger partial charge in [0.25, 0.3) is 0 Å². The van der Waals surface area contributed by atoms with Crippen molar-refractivity contribution in [3.63, 3.8) is 0 Å². The van der Waals surface area contributed by atoms with Crippen LogP contribution in [0.1, 0.15) is 84.3 Å². The second-order valence-corrected chi connectivity index (χ2v) is 9.76. The Morgan fingerprint density at radius 1 is 0.921 bits per heavy atom. The molecule has 38 heavy (non-hydrogen) atoms. The Kier molecular flexibility index (Phi) is 14.8. The molecular weight excluding hydrogens is 521 g/mol. The summed E-state index contributed by atoms with van der Waals surface area (Å²) >= 11 is 0. The Morgan fingerprint density at radius 2 is 1.47 bits per heavy atom. The molecule has 0 unspecified atom stereocenters. The van der Waals surface area contributed by atoms with Gasteiger partial charge in [0.05, 0.1) is 13.2 Å². The van der Waals surface area contributed by atoms with Gasteiger partial charge in [0, 0.05) is 58.0 Å². The smallest absolute Gasteiger partial charge is 0.210 e. The molecule has 3 N–H and O–H groups in total. The number of hydrogen-bond donors (Lipinski definition) is 3. The van der Waals surface area contributed by atoms with E-state index in [1.807, 2.05) is 12.1 Å². The number of ether oxygens (including phenoxy) is 2. The first-order valence-electron chi connectivity index (χ1n) is 13.6. The Bertz CT molecular complexity index is 1020. The van der Waals surface area contributed by atoms with Gasteiger partial charge >= 0.3 is 0 Å². The van der Waals surface area contributed by atoms with E-state index in [-0.39, 0.29) is 22.2 Å². The number of unbranched alkanes of at least 4 members (excludes halogenated alkanes) is 4. The topological polar surface area (TPSA) is 89.6 Å². The van der Waals surface area contributed by atoms with Crippen LogP contribution in [0.3, 0.4) is 0 Å². The molecule has 2 aromatic carbocycles. The standard InChI is InChI=1S/C17H27NO3.C14H18N2.Co/c1-3-5-7-9-20-15-11-14(17(18)19)12-16(13-15)21-10-8-6-4-2;1-4-16-12-8-6-5-7-11(12)14(2,3)13(16)9-10-15;/h11-13H,3-10H2,1-2H3,(H2,18,19);5-10,15H,4H2,1-3H3;/b;13-9-,15-10?;. The van der Waals surface area contributed by atoms with Crippen LogP contribution in [0.5, 0.6) is 11.5 Å². The predicted octanol–water partition coefficient (Wildman–Crippen LogP) is 8.04. The zero-order valence-corrected chi connectivity index (χ0v) is 24.6. The minimum Gasteiger partial charge on any atom is -0.493 e. The first-order valence-corrected chi connectivity index (χ1v) is 13.6. The SMILES string of the molecule is CCCCCOc1cc(OCCCCC)cc(C(=N)O)c1.CCN1/C(=C\C=N)C(C)(C)c2ccccc21.[Co]. The zero-order valence-electron chi connectivity index (χ0n) is 23.6. The van der Waals surface area contributed by atoms with Crippen molar-refractivity contribution in [3.8, 4) is 11.5 Å². The number of nitrogens with one attached hydrogen (secondary N) is 2. The Morgan fingerprint density at radius 3 is 1.95 bits per heavy atom. The quantitative estimate of drug-likeness (QED) is 0.130. The van der Waals surface area contributed by atoms with Crippen LogP contribution in [-0.4, -0.2) is 37.0 Å². The molecule has 0 amide bonds. The largest absolute Gasteiger partial charge is 0.493 e. The molecule has 2 aromatic rings. The van der Waals surface area contributed by atoms with E-state index in [4.69, 9.17) is 20.3 Å². The van der Waals surface area contributed by atoms with Crippen molar-refractivity contribution in [3.05, 3.63) is 65.4 Å². The van der Waals surface area contributed by atoms with Crippen LogP contribution in [0.25, 0.3) is 0 Å². The summed E-state index contributed by atoms with van der Waals surface area (Å²) in [5, 5.41) is 24.0. The summed E-state index contributed by atoms with van der Waals surface area (Å²) in [5.41, 5.74) is 4.28. The van der Waals surface area contributed by atoms with E-state index in [0.717, 1.165) is 45.1 Å².